The Labute approximate surface area is 62.5 Å². The standard InChI is InChI=1S/C5H5ClF2N2/c6-4-1-9-10(2-4)3-5(7)8/h2,4-5H,3H2. The molecule has 0 aromatic heterocycles. The summed E-state index contributed by atoms with van der Waals surface area (Å²) in [6, 6.07) is 0. The second kappa shape index (κ2) is 3.14. The Morgan fingerprint density at radius 2 is 2.50 bits per heavy atom. The lowest BCUT2D eigenvalue weighted by Crippen LogP contribution is -2.19. The lowest BCUT2D eigenvalue weighted by Gasteiger charge is -2.11. The highest BCUT2D eigenvalue weighted by Crippen LogP contribution is 2.12. The van der Waals surface area contributed by atoms with Crippen LogP contribution < -0.4 is 0 Å². The topological polar surface area (TPSA) is 15.6 Å². The van der Waals surface area contributed by atoms with E-state index in [1.807, 2.05) is 0 Å². The molecular formula is C5H5ClF2N2. The molecule has 1 heterocycles. The Morgan fingerprint density at radius 1 is 1.80 bits per heavy atom. The summed E-state index contributed by atoms with van der Waals surface area (Å²) in [5.41, 5.74) is 0. The summed E-state index contributed by atoms with van der Waals surface area (Å²) in [5, 5.41) is 4.10. The van der Waals surface area contributed by atoms with E-state index in [4.69, 9.17) is 11.6 Å². The normalized spacial score (nSPS) is 24.8. The molecule has 1 rings (SSSR count). The van der Waals surface area contributed by atoms with Crippen molar-refractivity contribution in [1.29, 1.82) is 0 Å². The van der Waals surface area contributed by atoms with Crippen molar-refractivity contribution in [3.05, 3.63) is 6.54 Å². The number of alkyl halides is 3. The summed E-state index contributed by atoms with van der Waals surface area (Å²) in [6.07, 6.45) is 0.0170. The van der Waals surface area contributed by atoms with E-state index in [9.17, 15) is 8.78 Å². The van der Waals surface area contributed by atoms with Crippen molar-refractivity contribution in [2.45, 2.75) is 11.8 Å². The highest BCUT2D eigenvalue weighted by molar-refractivity contribution is 6.29. The van der Waals surface area contributed by atoms with Crippen molar-refractivity contribution < 1.29 is 8.78 Å². The Balaban J connectivity index is 2.26. The van der Waals surface area contributed by atoms with Crippen LogP contribution in [0.15, 0.2) is 5.10 Å². The molecule has 2 nitrogen and oxygen atoms in total. The fourth-order valence-corrected chi connectivity index (χ4v) is 0.764. The molecule has 0 aromatic carbocycles. The van der Waals surface area contributed by atoms with Crippen LogP contribution in [0.4, 0.5) is 8.78 Å². The molecule has 0 saturated carbocycles. The molecule has 0 saturated heterocycles. The van der Waals surface area contributed by atoms with Gasteiger partial charge in [0, 0.05) is 0 Å². The van der Waals surface area contributed by atoms with E-state index in [1.54, 1.807) is 0 Å². The van der Waals surface area contributed by atoms with E-state index in [1.165, 1.54) is 6.54 Å². The van der Waals surface area contributed by atoms with Crippen LogP contribution in [0.25, 0.3) is 0 Å². The molecule has 0 aromatic rings. The van der Waals surface area contributed by atoms with E-state index in [2.05, 4.69) is 11.3 Å². The van der Waals surface area contributed by atoms with Crippen molar-refractivity contribution in [1.82, 2.24) is 5.01 Å². The minimum atomic E-state index is -2.39. The maximum atomic E-state index is 11.6. The first-order valence-electron chi connectivity index (χ1n) is 2.68. The van der Waals surface area contributed by atoms with Crippen molar-refractivity contribution in [3.63, 3.8) is 0 Å². The maximum Gasteiger partial charge on any atom is 0.257 e. The zero-order chi connectivity index (χ0) is 7.56. The summed E-state index contributed by atoms with van der Waals surface area (Å²) in [7, 11) is 0. The van der Waals surface area contributed by atoms with Crippen LogP contribution >= 0.6 is 11.6 Å². The van der Waals surface area contributed by atoms with E-state index in [0.29, 0.717) is 0 Å². The van der Waals surface area contributed by atoms with Gasteiger partial charge in [-0.25, -0.2) is 8.78 Å². The molecule has 1 aliphatic rings. The smallest absolute Gasteiger partial charge is 0.257 e. The predicted octanol–water partition coefficient (Wildman–Crippen LogP) is 1.20. The van der Waals surface area contributed by atoms with Crippen LogP contribution in [0, 0.1) is 6.54 Å². The molecule has 0 amide bonds. The van der Waals surface area contributed by atoms with Gasteiger partial charge >= 0.3 is 0 Å². The van der Waals surface area contributed by atoms with E-state index in [0.717, 1.165) is 5.01 Å². The van der Waals surface area contributed by atoms with Gasteiger partial charge in [-0.3, -0.25) is 5.01 Å². The quantitative estimate of drug-likeness (QED) is 0.563. The number of hydrogen-bond acceptors (Lipinski definition) is 2. The first kappa shape index (κ1) is 7.72. The molecule has 0 bridgehead atoms. The molecule has 56 valence electrons. The number of hydrazone groups is 1. The number of hydrogen-bond donors (Lipinski definition) is 0. The molecule has 10 heavy (non-hydrogen) atoms. The predicted molar refractivity (Wildman–Crippen MR) is 34.1 cm³/mol. The highest BCUT2D eigenvalue weighted by Gasteiger charge is 2.19. The fourth-order valence-electron chi connectivity index (χ4n) is 0.590. The number of halogens is 3. The molecule has 1 atom stereocenters. The molecule has 2 radical (unpaired) electrons. The zero-order valence-corrected chi connectivity index (χ0v) is 5.72. The minimum absolute atomic E-state index is 0.407. The van der Waals surface area contributed by atoms with Gasteiger partial charge in [0.15, 0.2) is 0 Å². The van der Waals surface area contributed by atoms with Crippen LogP contribution in [0.3, 0.4) is 0 Å². The lowest BCUT2D eigenvalue weighted by atomic mass is 10.4. The van der Waals surface area contributed by atoms with Gasteiger partial charge in [-0.05, 0) is 0 Å². The highest BCUT2D eigenvalue weighted by atomic mass is 35.5. The van der Waals surface area contributed by atoms with Crippen LogP contribution in [0.5, 0.6) is 0 Å². The van der Waals surface area contributed by atoms with Crippen molar-refractivity contribution >= 4 is 17.8 Å². The molecule has 0 N–H and O–H groups in total. The van der Waals surface area contributed by atoms with E-state index in [-0.39, 0.29) is 0 Å². The molecular weight excluding hydrogens is 162 g/mol. The molecule has 1 aliphatic heterocycles. The Morgan fingerprint density at radius 3 is 2.90 bits per heavy atom. The number of rotatable bonds is 2. The first-order valence-corrected chi connectivity index (χ1v) is 3.12. The number of nitrogens with zero attached hydrogens (tertiary/aromatic N) is 2. The lowest BCUT2D eigenvalue weighted by molar-refractivity contribution is 0.105. The van der Waals surface area contributed by atoms with Gasteiger partial charge in [0.05, 0.1) is 13.1 Å². The molecule has 0 spiro atoms. The minimum Gasteiger partial charge on any atom is -0.284 e. The van der Waals surface area contributed by atoms with Gasteiger partial charge in [-0.15, -0.1) is 11.6 Å². The van der Waals surface area contributed by atoms with Gasteiger partial charge in [0.1, 0.15) is 11.6 Å². The van der Waals surface area contributed by atoms with Gasteiger partial charge < -0.3 is 0 Å². The Kier molecular flexibility index (Phi) is 2.43. The second-order valence-electron chi connectivity index (χ2n) is 1.79. The van der Waals surface area contributed by atoms with Crippen LogP contribution in [-0.4, -0.2) is 29.6 Å². The van der Waals surface area contributed by atoms with Gasteiger partial charge in [-0.1, -0.05) is 0 Å². The summed E-state index contributed by atoms with van der Waals surface area (Å²) >= 11 is 5.44. The van der Waals surface area contributed by atoms with Crippen molar-refractivity contribution in [2.75, 3.05) is 6.54 Å². The average molecular weight is 167 g/mol. The first-order chi connectivity index (χ1) is 4.68. The van der Waals surface area contributed by atoms with Crippen LogP contribution in [0.1, 0.15) is 0 Å². The summed E-state index contributed by atoms with van der Waals surface area (Å²) < 4.78 is 23.2. The second-order valence-corrected chi connectivity index (χ2v) is 2.26. The summed E-state index contributed by atoms with van der Waals surface area (Å²) in [5.74, 6) is 0. The molecule has 5 heteroatoms. The largest absolute Gasteiger partial charge is 0.284 e. The van der Waals surface area contributed by atoms with Crippen molar-refractivity contribution in [2.24, 2.45) is 5.10 Å². The Hall–Kier alpha value is -0.380. The monoisotopic (exact) mass is 166 g/mol. The van der Waals surface area contributed by atoms with Crippen LogP contribution in [-0.2, 0) is 0 Å². The average Bonchev–Trinajstić information content (AvgIpc) is 2.13. The zero-order valence-electron chi connectivity index (χ0n) is 4.97. The third kappa shape index (κ3) is 2.10. The molecule has 1 unspecified atom stereocenters. The third-order valence-corrected chi connectivity index (χ3v) is 1.15. The maximum absolute atomic E-state index is 11.6. The SMILES string of the molecule is FC(F)CN1[CH]C(Cl)[C]=N1. The van der Waals surface area contributed by atoms with E-state index < -0.39 is 18.3 Å². The Bertz CT molecular complexity index is 140. The third-order valence-electron chi connectivity index (χ3n) is 0.938. The summed E-state index contributed by atoms with van der Waals surface area (Å²) in [4.78, 5) is 0. The van der Waals surface area contributed by atoms with Crippen molar-refractivity contribution in [3.8, 4) is 0 Å². The molecule has 0 aliphatic carbocycles. The molecule has 0 fully saturated rings. The van der Waals surface area contributed by atoms with Gasteiger partial charge in [0.2, 0.25) is 0 Å². The van der Waals surface area contributed by atoms with Crippen LogP contribution in [0.2, 0.25) is 0 Å². The van der Waals surface area contributed by atoms with E-state index >= 15 is 0 Å². The summed E-state index contributed by atoms with van der Waals surface area (Å²) in [6.45, 7) is 0.976. The van der Waals surface area contributed by atoms with Gasteiger partial charge in [0.25, 0.3) is 6.43 Å². The van der Waals surface area contributed by atoms with Gasteiger partial charge in [-0.2, -0.15) is 5.10 Å². The fraction of sp³-hybridized carbons (Fsp3) is 0.600.